The van der Waals surface area contributed by atoms with E-state index in [1.54, 1.807) is 0 Å². The summed E-state index contributed by atoms with van der Waals surface area (Å²) in [6, 6.07) is 0.131. The Morgan fingerprint density at radius 2 is 2.00 bits per heavy atom. The van der Waals surface area contributed by atoms with E-state index in [9.17, 15) is 9.90 Å². The molecule has 3 aliphatic heterocycles. The maximum Gasteiger partial charge on any atom is 0.320 e. The summed E-state index contributed by atoms with van der Waals surface area (Å²) in [5.41, 5.74) is 0.0452. The number of nitrogens with zero attached hydrogens (tertiary/aromatic N) is 1. The highest BCUT2D eigenvalue weighted by atomic mass is 32.2. The van der Waals surface area contributed by atoms with Crippen LogP contribution in [-0.4, -0.2) is 58.3 Å². The smallest absolute Gasteiger partial charge is 0.320 e. The first kappa shape index (κ1) is 15.6. The predicted octanol–water partition coefficient (Wildman–Crippen LogP) is 2.76. The van der Waals surface area contributed by atoms with Gasteiger partial charge >= 0.3 is 5.97 Å². The lowest BCUT2D eigenvalue weighted by molar-refractivity contribution is -0.150. The third-order valence-electron chi connectivity index (χ3n) is 5.42. The number of hydrogen-bond acceptors (Lipinski definition) is 4. The van der Waals surface area contributed by atoms with Crippen molar-refractivity contribution in [1.82, 2.24) is 4.90 Å². The fourth-order valence-corrected chi connectivity index (χ4v) is 5.45. The Morgan fingerprint density at radius 3 is 2.76 bits per heavy atom. The molecule has 0 aromatic carbocycles. The highest BCUT2D eigenvalue weighted by molar-refractivity contribution is 7.99. The number of ether oxygens (including phenoxy) is 1. The SMILES string of the molecule is O=C(O)C1CCCCCN1C1CCOC2(CCSCC2)C1. The van der Waals surface area contributed by atoms with E-state index in [0.717, 1.165) is 58.1 Å². The van der Waals surface area contributed by atoms with Gasteiger partial charge < -0.3 is 9.84 Å². The van der Waals surface area contributed by atoms with Crippen molar-refractivity contribution in [2.24, 2.45) is 0 Å². The van der Waals surface area contributed by atoms with Gasteiger partial charge in [0.25, 0.3) is 0 Å². The van der Waals surface area contributed by atoms with Crippen molar-refractivity contribution >= 4 is 17.7 Å². The number of hydrogen-bond donors (Lipinski definition) is 1. The first-order valence-electron chi connectivity index (χ1n) is 8.40. The van der Waals surface area contributed by atoms with Gasteiger partial charge in [-0.1, -0.05) is 12.8 Å². The zero-order valence-electron chi connectivity index (χ0n) is 12.8. The zero-order chi connectivity index (χ0) is 14.7. The molecule has 3 aliphatic rings. The van der Waals surface area contributed by atoms with Crippen molar-refractivity contribution in [1.29, 1.82) is 0 Å². The van der Waals surface area contributed by atoms with Gasteiger partial charge in [-0.05, 0) is 56.6 Å². The van der Waals surface area contributed by atoms with E-state index in [1.165, 1.54) is 17.9 Å². The summed E-state index contributed by atoms with van der Waals surface area (Å²) >= 11 is 2.02. The third kappa shape index (κ3) is 3.57. The van der Waals surface area contributed by atoms with Crippen molar-refractivity contribution in [3.05, 3.63) is 0 Å². The molecule has 3 rings (SSSR count). The summed E-state index contributed by atoms with van der Waals surface area (Å²) in [7, 11) is 0. The minimum absolute atomic E-state index is 0.0452. The van der Waals surface area contributed by atoms with Crippen LogP contribution >= 0.6 is 11.8 Å². The van der Waals surface area contributed by atoms with Crippen LogP contribution < -0.4 is 0 Å². The summed E-state index contributed by atoms with van der Waals surface area (Å²) in [6.45, 7) is 1.75. The van der Waals surface area contributed by atoms with Gasteiger partial charge in [-0.25, -0.2) is 0 Å². The molecule has 5 heteroatoms. The predicted molar refractivity (Wildman–Crippen MR) is 84.9 cm³/mol. The topological polar surface area (TPSA) is 49.8 Å². The Hall–Kier alpha value is -0.260. The number of thioether (sulfide) groups is 1. The van der Waals surface area contributed by atoms with Crippen molar-refractivity contribution in [2.75, 3.05) is 24.7 Å². The Balaban J connectivity index is 1.72. The van der Waals surface area contributed by atoms with Crippen LogP contribution in [0, 0.1) is 0 Å². The van der Waals surface area contributed by atoms with E-state index in [1.807, 2.05) is 11.8 Å². The lowest BCUT2D eigenvalue weighted by atomic mass is 9.84. The monoisotopic (exact) mass is 313 g/mol. The van der Waals surface area contributed by atoms with Crippen LogP contribution in [0.15, 0.2) is 0 Å². The standard InChI is InChI=1S/C16H27NO3S/c18-15(19)14-4-2-1-3-8-17(14)13-5-9-20-16(12-13)6-10-21-11-7-16/h13-14H,1-12H2,(H,18,19). The van der Waals surface area contributed by atoms with Gasteiger partial charge in [0.1, 0.15) is 6.04 Å². The van der Waals surface area contributed by atoms with Crippen molar-refractivity contribution < 1.29 is 14.6 Å². The van der Waals surface area contributed by atoms with Crippen LogP contribution in [0.5, 0.6) is 0 Å². The van der Waals surface area contributed by atoms with E-state index in [0.29, 0.717) is 6.04 Å². The second kappa shape index (κ2) is 6.88. The van der Waals surface area contributed by atoms with Crippen molar-refractivity contribution in [3.63, 3.8) is 0 Å². The molecular weight excluding hydrogens is 286 g/mol. The first-order valence-corrected chi connectivity index (χ1v) is 9.56. The molecule has 2 atom stereocenters. The highest BCUT2D eigenvalue weighted by Crippen LogP contribution is 2.39. The Morgan fingerprint density at radius 1 is 1.19 bits per heavy atom. The van der Waals surface area contributed by atoms with Crippen LogP contribution in [0.2, 0.25) is 0 Å². The molecule has 0 amide bonds. The molecular formula is C16H27NO3S. The van der Waals surface area contributed by atoms with Crippen molar-refractivity contribution in [3.8, 4) is 0 Å². The molecule has 2 unspecified atom stereocenters. The fraction of sp³-hybridized carbons (Fsp3) is 0.938. The maximum atomic E-state index is 11.7. The summed E-state index contributed by atoms with van der Waals surface area (Å²) in [5, 5.41) is 9.59. The van der Waals surface area contributed by atoms with Crippen LogP contribution in [0.3, 0.4) is 0 Å². The van der Waals surface area contributed by atoms with Gasteiger partial charge in [0.2, 0.25) is 0 Å². The van der Waals surface area contributed by atoms with E-state index in [-0.39, 0.29) is 11.6 Å². The summed E-state index contributed by atoms with van der Waals surface area (Å²) in [4.78, 5) is 14.0. The second-order valence-electron chi connectivity index (χ2n) is 6.73. The largest absolute Gasteiger partial charge is 0.480 e. The van der Waals surface area contributed by atoms with Gasteiger partial charge in [0.05, 0.1) is 5.60 Å². The molecule has 4 nitrogen and oxygen atoms in total. The van der Waals surface area contributed by atoms with Gasteiger partial charge in [0.15, 0.2) is 0 Å². The maximum absolute atomic E-state index is 11.7. The van der Waals surface area contributed by atoms with Crippen LogP contribution in [0.25, 0.3) is 0 Å². The van der Waals surface area contributed by atoms with Gasteiger partial charge in [-0.3, -0.25) is 9.69 Å². The van der Waals surface area contributed by atoms with Gasteiger partial charge in [-0.2, -0.15) is 11.8 Å². The lowest BCUT2D eigenvalue weighted by Crippen LogP contribution is -2.54. The van der Waals surface area contributed by atoms with Gasteiger partial charge in [0, 0.05) is 12.6 Å². The quantitative estimate of drug-likeness (QED) is 0.849. The molecule has 0 saturated carbocycles. The molecule has 21 heavy (non-hydrogen) atoms. The number of rotatable bonds is 2. The summed E-state index contributed by atoms with van der Waals surface area (Å²) in [6.07, 6.45) is 8.50. The van der Waals surface area contributed by atoms with Crippen LogP contribution in [-0.2, 0) is 9.53 Å². The molecule has 1 spiro atoms. The molecule has 3 saturated heterocycles. The van der Waals surface area contributed by atoms with E-state index >= 15 is 0 Å². The number of carboxylic acids is 1. The second-order valence-corrected chi connectivity index (χ2v) is 7.96. The zero-order valence-corrected chi connectivity index (χ0v) is 13.6. The lowest BCUT2D eigenvalue weighted by Gasteiger charge is -2.47. The molecule has 3 heterocycles. The number of aliphatic carboxylic acids is 1. The van der Waals surface area contributed by atoms with E-state index in [2.05, 4.69) is 4.90 Å². The first-order chi connectivity index (χ1) is 10.2. The molecule has 120 valence electrons. The average Bonchev–Trinajstić information content (AvgIpc) is 2.74. The van der Waals surface area contributed by atoms with Crippen LogP contribution in [0.4, 0.5) is 0 Å². The summed E-state index contributed by atoms with van der Waals surface area (Å²) < 4.78 is 6.17. The number of carboxylic acid groups (broad SMARTS) is 1. The molecule has 0 aromatic heterocycles. The van der Waals surface area contributed by atoms with Gasteiger partial charge in [-0.15, -0.1) is 0 Å². The minimum Gasteiger partial charge on any atom is -0.480 e. The molecule has 3 fully saturated rings. The fourth-order valence-electron chi connectivity index (χ4n) is 4.21. The average molecular weight is 313 g/mol. The minimum atomic E-state index is -0.628. The van der Waals surface area contributed by atoms with E-state index in [4.69, 9.17) is 4.74 Å². The number of likely N-dealkylation sites (tertiary alicyclic amines) is 1. The van der Waals surface area contributed by atoms with E-state index < -0.39 is 5.97 Å². The summed E-state index contributed by atoms with van der Waals surface area (Å²) in [5.74, 6) is 1.75. The molecule has 1 N–H and O–H groups in total. The molecule has 0 bridgehead atoms. The van der Waals surface area contributed by atoms with Crippen LogP contribution in [0.1, 0.15) is 51.4 Å². The Kier molecular flexibility index (Phi) is 5.12. The normalized spacial score (nSPS) is 34.5. The van der Waals surface area contributed by atoms with Crippen molar-refractivity contribution in [2.45, 2.75) is 69.1 Å². The molecule has 0 aliphatic carbocycles. The Bertz CT molecular complexity index is 365. The third-order valence-corrected chi connectivity index (χ3v) is 6.40. The molecule has 0 radical (unpaired) electrons. The Labute approximate surface area is 131 Å². The highest BCUT2D eigenvalue weighted by Gasteiger charge is 2.42. The molecule has 0 aromatic rings. The number of carbonyl (C=O) groups is 1.